The smallest absolute Gasteiger partial charge is 0.255 e. The summed E-state index contributed by atoms with van der Waals surface area (Å²) >= 11 is 0. The van der Waals surface area contributed by atoms with E-state index >= 15 is 0 Å². The second-order valence-corrected chi connectivity index (χ2v) is 5.90. The number of pyridine rings is 1. The fourth-order valence-electron chi connectivity index (χ4n) is 2.59. The minimum atomic E-state index is -0.542. The molecule has 2 aromatic carbocycles. The summed E-state index contributed by atoms with van der Waals surface area (Å²) in [5.41, 5.74) is 6.53. The molecule has 0 fully saturated rings. The molecule has 2 heterocycles. The van der Waals surface area contributed by atoms with Crippen molar-refractivity contribution in [3.05, 3.63) is 71.9 Å². The molecule has 2 amide bonds. The van der Waals surface area contributed by atoms with Crippen molar-refractivity contribution >= 4 is 17.5 Å². The van der Waals surface area contributed by atoms with Gasteiger partial charge in [0.05, 0.1) is 11.9 Å². The number of carbonyl (C=O) groups excluding carboxylic acids is 2. The molecule has 1 aliphatic heterocycles. The van der Waals surface area contributed by atoms with E-state index in [1.807, 2.05) is 0 Å². The van der Waals surface area contributed by atoms with E-state index in [9.17, 15) is 9.59 Å². The fraction of sp³-hybridized carbons (Fsp3) is 0.0500. The van der Waals surface area contributed by atoms with Crippen molar-refractivity contribution in [1.82, 2.24) is 4.98 Å². The number of amides is 2. The fourth-order valence-corrected chi connectivity index (χ4v) is 2.59. The van der Waals surface area contributed by atoms with E-state index in [4.69, 9.17) is 19.9 Å². The maximum Gasteiger partial charge on any atom is 0.255 e. The number of hydrogen-bond acceptors (Lipinski definition) is 6. The Labute approximate surface area is 159 Å². The lowest BCUT2D eigenvalue weighted by atomic mass is 10.2. The predicted molar refractivity (Wildman–Crippen MR) is 99.8 cm³/mol. The third kappa shape index (κ3) is 3.70. The highest BCUT2D eigenvalue weighted by Crippen LogP contribution is 2.32. The molecule has 8 heteroatoms. The van der Waals surface area contributed by atoms with Crippen molar-refractivity contribution in [3.8, 4) is 23.1 Å². The van der Waals surface area contributed by atoms with Gasteiger partial charge in [0, 0.05) is 17.2 Å². The number of fused-ring (bicyclic) bond motifs is 1. The first kappa shape index (κ1) is 17.3. The molecule has 3 N–H and O–H groups in total. The molecule has 4 rings (SSSR count). The Balaban J connectivity index is 1.42. The maximum atomic E-state index is 12.4. The molecule has 0 saturated carbocycles. The van der Waals surface area contributed by atoms with Crippen molar-refractivity contribution < 1.29 is 23.8 Å². The minimum Gasteiger partial charge on any atom is -0.454 e. The zero-order chi connectivity index (χ0) is 19.5. The lowest BCUT2D eigenvalue weighted by Gasteiger charge is -2.08. The summed E-state index contributed by atoms with van der Waals surface area (Å²) in [5.74, 6) is 1.04. The largest absolute Gasteiger partial charge is 0.454 e. The molecule has 1 aliphatic rings. The van der Waals surface area contributed by atoms with Crippen molar-refractivity contribution in [2.45, 2.75) is 0 Å². The van der Waals surface area contributed by atoms with Gasteiger partial charge in [-0.25, -0.2) is 4.98 Å². The summed E-state index contributed by atoms with van der Waals surface area (Å²) in [6.07, 6.45) is 1.47. The van der Waals surface area contributed by atoms with Crippen molar-refractivity contribution in [1.29, 1.82) is 0 Å². The number of primary amides is 1. The number of carbonyl (C=O) groups is 2. The summed E-state index contributed by atoms with van der Waals surface area (Å²) < 4.78 is 16.1. The van der Waals surface area contributed by atoms with Crippen LogP contribution in [0, 0.1) is 0 Å². The summed E-state index contributed by atoms with van der Waals surface area (Å²) in [5, 5.41) is 2.75. The highest BCUT2D eigenvalue weighted by molar-refractivity contribution is 6.04. The van der Waals surface area contributed by atoms with Gasteiger partial charge in [0.25, 0.3) is 5.91 Å². The molecule has 28 heavy (non-hydrogen) atoms. The van der Waals surface area contributed by atoms with E-state index in [0.29, 0.717) is 39.9 Å². The van der Waals surface area contributed by atoms with Crippen LogP contribution in [0.15, 0.2) is 60.8 Å². The molecule has 0 radical (unpaired) electrons. The number of hydrogen-bond donors (Lipinski definition) is 2. The number of nitrogens with one attached hydrogen (secondary N) is 1. The van der Waals surface area contributed by atoms with Crippen LogP contribution < -0.4 is 25.3 Å². The van der Waals surface area contributed by atoms with Gasteiger partial charge in [-0.05, 0) is 42.5 Å². The van der Waals surface area contributed by atoms with Crippen molar-refractivity contribution in [3.63, 3.8) is 0 Å². The van der Waals surface area contributed by atoms with E-state index in [1.165, 1.54) is 12.3 Å². The Morgan fingerprint density at radius 2 is 1.86 bits per heavy atom. The number of nitrogens with zero attached hydrogens (tertiary/aromatic N) is 1. The molecule has 8 nitrogen and oxygen atoms in total. The van der Waals surface area contributed by atoms with E-state index in [1.54, 1.807) is 48.5 Å². The number of nitrogens with two attached hydrogens (primary N) is 1. The normalized spacial score (nSPS) is 11.7. The Bertz CT molecular complexity index is 1050. The maximum absolute atomic E-state index is 12.4. The highest BCUT2D eigenvalue weighted by atomic mass is 16.7. The quantitative estimate of drug-likeness (QED) is 0.707. The molecule has 0 unspecified atom stereocenters. The van der Waals surface area contributed by atoms with Gasteiger partial charge in [0.2, 0.25) is 18.6 Å². The van der Waals surface area contributed by atoms with E-state index in [0.717, 1.165) is 0 Å². The highest BCUT2D eigenvalue weighted by Gasteiger charge is 2.16. The van der Waals surface area contributed by atoms with Gasteiger partial charge in [0.1, 0.15) is 5.75 Å². The third-order valence-corrected chi connectivity index (χ3v) is 3.97. The molecule has 0 atom stereocenters. The number of benzene rings is 2. The number of rotatable bonds is 5. The SMILES string of the molecule is NC(=O)c1cccc(Oc2ccc(NC(=O)c3ccc4c(c3)OCO4)cn2)c1. The summed E-state index contributed by atoms with van der Waals surface area (Å²) in [6.45, 7) is 0.147. The van der Waals surface area contributed by atoms with Crippen LogP contribution in [0.25, 0.3) is 0 Å². The summed E-state index contributed by atoms with van der Waals surface area (Å²) in [6, 6.07) is 14.7. The monoisotopic (exact) mass is 377 g/mol. The van der Waals surface area contributed by atoms with Gasteiger partial charge in [-0.1, -0.05) is 6.07 Å². The second-order valence-electron chi connectivity index (χ2n) is 5.90. The van der Waals surface area contributed by atoms with Crippen LogP contribution in [0.5, 0.6) is 23.1 Å². The Hall–Kier alpha value is -4.07. The van der Waals surface area contributed by atoms with Crippen molar-refractivity contribution in [2.75, 3.05) is 12.1 Å². The van der Waals surface area contributed by atoms with Gasteiger partial charge in [-0.2, -0.15) is 0 Å². The Kier molecular flexibility index (Phi) is 4.51. The first-order chi connectivity index (χ1) is 13.6. The molecule has 0 saturated heterocycles. The Morgan fingerprint density at radius 1 is 1.00 bits per heavy atom. The minimum absolute atomic E-state index is 0.147. The van der Waals surface area contributed by atoms with Crippen LogP contribution in [-0.4, -0.2) is 23.6 Å². The van der Waals surface area contributed by atoms with Gasteiger partial charge in [-0.3, -0.25) is 9.59 Å². The van der Waals surface area contributed by atoms with E-state index < -0.39 is 5.91 Å². The van der Waals surface area contributed by atoms with Crippen LogP contribution in [0.2, 0.25) is 0 Å². The molecule has 0 bridgehead atoms. The average molecular weight is 377 g/mol. The summed E-state index contributed by atoms with van der Waals surface area (Å²) in [4.78, 5) is 27.8. The van der Waals surface area contributed by atoms with Crippen LogP contribution in [0.3, 0.4) is 0 Å². The molecular weight excluding hydrogens is 362 g/mol. The van der Waals surface area contributed by atoms with Gasteiger partial charge >= 0.3 is 0 Å². The van der Waals surface area contributed by atoms with Gasteiger partial charge < -0.3 is 25.3 Å². The average Bonchev–Trinajstić information content (AvgIpc) is 3.17. The van der Waals surface area contributed by atoms with Crippen LogP contribution in [0.1, 0.15) is 20.7 Å². The second kappa shape index (κ2) is 7.28. The molecule has 1 aromatic heterocycles. The molecule has 3 aromatic rings. The van der Waals surface area contributed by atoms with Gasteiger partial charge in [0.15, 0.2) is 11.5 Å². The number of aromatic nitrogens is 1. The van der Waals surface area contributed by atoms with E-state index in [-0.39, 0.29) is 12.7 Å². The number of anilines is 1. The molecule has 0 aliphatic carbocycles. The standard InChI is InChI=1S/C20H15N3O5/c21-19(24)12-2-1-3-15(8-12)28-18-7-5-14(10-22-18)23-20(25)13-4-6-16-17(9-13)27-11-26-16/h1-10H,11H2,(H2,21,24)(H,23,25). The zero-order valence-electron chi connectivity index (χ0n) is 14.5. The van der Waals surface area contributed by atoms with Crippen LogP contribution in [-0.2, 0) is 0 Å². The molecular formula is C20H15N3O5. The topological polar surface area (TPSA) is 113 Å². The lowest BCUT2D eigenvalue weighted by molar-refractivity contribution is 0.0997. The Morgan fingerprint density at radius 3 is 2.64 bits per heavy atom. The zero-order valence-corrected chi connectivity index (χ0v) is 14.5. The van der Waals surface area contributed by atoms with Gasteiger partial charge in [-0.15, -0.1) is 0 Å². The summed E-state index contributed by atoms with van der Waals surface area (Å²) in [7, 11) is 0. The molecule has 0 spiro atoms. The number of ether oxygens (including phenoxy) is 3. The molecule has 140 valence electrons. The van der Waals surface area contributed by atoms with Crippen LogP contribution >= 0.6 is 0 Å². The van der Waals surface area contributed by atoms with E-state index in [2.05, 4.69) is 10.3 Å². The first-order valence-corrected chi connectivity index (χ1v) is 8.33. The first-order valence-electron chi connectivity index (χ1n) is 8.33. The predicted octanol–water partition coefficient (Wildman–Crippen LogP) is 2.95. The van der Waals surface area contributed by atoms with Crippen LogP contribution in [0.4, 0.5) is 5.69 Å². The van der Waals surface area contributed by atoms with Crippen molar-refractivity contribution in [2.24, 2.45) is 5.73 Å². The lowest BCUT2D eigenvalue weighted by Crippen LogP contribution is -2.12. The third-order valence-electron chi connectivity index (χ3n) is 3.97.